The van der Waals surface area contributed by atoms with Gasteiger partial charge in [0, 0.05) is 25.3 Å². The summed E-state index contributed by atoms with van der Waals surface area (Å²) in [4.78, 5) is 25.9. The summed E-state index contributed by atoms with van der Waals surface area (Å²) in [6, 6.07) is 14.2. The molecule has 0 aliphatic rings. The van der Waals surface area contributed by atoms with Crippen LogP contribution in [0.15, 0.2) is 48.5 Å². The van der Waals surface area contributed by atoms with Gasteiger partial charge in [0.25, 0.3) is 0 Å². The van der Waals surface area contributed by atoms with E-state index in [1.165, 1.54) is 0 Å². The van der Waals surface area contributed by atoms with Crippen molar-refractivity contribution >= 4 is 41.1 Å². The number of halogens is 1. The highest BCUT2D eigenvalue weighted by Crippen LogP contribution is 2.21. The van der Waals surface area contributed by atoms with Crippen LogP contribution < -0.4 is 10.1 Å². The number of carboxylic acid groups (broad SMARTS) is 1. The number of hydrogen-bond donors (Lipinski definition) is 2. The molecule has 1 atom stereocenters. The summed E-state index contributed by atoms with van der Waals surface area (Å²) in [5.41, 5.74) is 1.43. The van der Waals surface area contributed by atoms with Gasteiger partial charge in [-0.1, -0.05) is 49.2 Å². The van der Waals surface area contributed by atoms with E-state index in [-0.39, 0.29) is 12.5 Å². The fourth-order valence-electron chi connectivity index (χ4n) is 3.22. The molecule has 0 heterocycles. The van der Waals surface area contributed by atoms with Crippen LogP contribution in [-0.2, 0) is 16.0 Å². The Balaban J connectivity index is 1.91. The highest BCUT2D eigenvalue weighted by Gasteiger charge is 2.18. The van der Waals surface area contributed by atoms with Crippen LogP contribution in [0.5, 0.6) is 5.75 Å². The van der Waals surface area contributed by atoms with E-state index in [1.54, 1.807) is 36.1 Å². The number of aliphatic carboxylic acids is 1. The molecule has 0 fully saturated rings. The summed E-state index contributed by atoms with van der Waals surface area (Å²) in [6.07, 6.45) is 1.73. The molecular formula is C26H35ClN2O5S. The van der Waals surface area contributed by atoms with Crippen molar-refractivity contribution in [2.24, 2.45) is 0 Å². The zero-order valence-corrected chi connectivity index (χ0v) is 21.9. The third-order valence-electron chi connectivity index (χ3n) is 5.17. The molecular weight excluding hydrogens is 488 g/mol. The second-order valence-corrected chi connectivity index (χ2v) is 9.47. The third kappa shape index (κ3) is 10.8. The van der Waals surface area contributed by atoms with Gasteiger partial charge in [-0.05, 0) is 48.9 Å². The number of nitrogens with zero attached hydrogens (tertiary/aromatic N) is 1. The van der Waals surface area contributed by atoms with Crippen LogP contribution in [-0.4, -0.2) is 65.9 Å². The van der Waals surface area contributed by atoms with Gasteiger partial charge >= 0.3 is 12.0 Å². The maximum Gasteiger partial charge on any atom is 0.333 e. The average Bonchev–Trinajstić information content (AvgIpc) is 2.84. The number of para-hydroxylation sites is 1. The molecule has 0 radical (unpaired) electrons. The first kappa shape index (κ1) is 28.8. The van der Waals surface area contributed by atoms with Crippen molar-refractivity contribution in [3.8, 4) is 5.75 Å². The van der Waals surface area contributed by atoms with Crippen molar-refractivity contribution in [3.05, 3.63) is 59.1 Å². The molecule has 0 saturated heterocycles. The molecule has 2 amide bonds. The van der Waals surface area contributed by atoms with Crippen LogP contribution in [0.3, 0.4) is 0 Å². The van der Waals surface area contributed by atoms with E-state index < -0.39 is 12.1 Å². The number of benzene rings is 2. The highest BCUT2D eigenvalue weighted by atomic mass is 35.5. The van der Waals surface area contributed by atoms with Gasteiger partial charge in [-0.3, -0.25) is 0 Å². The summed E-state index contributed by atoms with van der Waals surface area (Å²) in [5, 5.41) is 12.6. The van der Waals surface area contributed by atoms with Gasteiger partial charge in [0.2, 0.25) is 0 Å². The van der Waals surface area contributed by atoms with E-state index in [0.717, 1.165) is 29.9 Å². The Morgan fingerprint density at radius 3 is 2.49 bits per heavy atom. The SMILES string of the molecule is CCCCSCCN(CCOc1ccc(CC(OCC)C(=O)O)cc1)C(=O)Nc1ccccc1Cl. The fraction of sp³-hybridized carbons (Fsp3) is 0.462. The Bertz CT molecular complexity index is 913. The Kier molecular flexibility index (Phi) is 13.4. The van der Waals surface area contributed by atoms with Gasteiger partial charge < -0.3 is 24.8 Å². The monoisotopic (exact) mass is 522 g/mol. The number of ether oxygens (including phenoxy) is 2. The normalized spacial score (nSPS) is 11.6. The van der Waals surface area contributed by atoms with E-state index in [9.17, 15) is 14.7 Å². The van der Waals surface area contributed by atoms with Crippen molar-refractivity contribution < 1.29 is 24.2 Å². The molecule has 192 valence electrons. The molecule has 2 rings (SSSR count). The summed E-state index contributed by atoms with van der Waals surface area (Å²) in [6.45, 7) is 5.62. The van der Waals surface area contributed by atoms with Crippen LogP contribution in [0.1, 0.15) is 32.3 Å². The first-order chi connectivity index (χ1) is 16.9. The predicted molar refractivity (Wildman–Crippen MR) is 143 cm³/mol. The van der Waals surface area contributed by atoms with Crippen molar-refractivity contribution in [1.29, 1.82) is 0 Å². The van der Waals surface area contributed by atoms with Gasteiger partial charge in [0.05, 0.1) is 17.3 Å². The third-order valence-corrected chi connectivity index (χ3v) is 6.55. The first-order valence-corrected chi connectivity index (χ1v) is 13.4. The summed E-state index contributed by atoms with van der Waals surface area (Å²) in [5.74, 6) is 1.59. The molecule has 0 bridgehead atoms. The molecule has 0 aromatic heterocycles. The summed E-state index contributed by atoms with van der Waals surface area (Å²) in [7, 11) is 0. The zero-order chi connectivity index (χ0) is 25.5. The number of unbranched alkanes of at least 4 members (excludes halogenated alkanes) is 1. The molecule has 2 aromatic rings. The van der Waals surface area contributed by atoms with Crippen LogP contribution >= 0.6 is 23.4 Å². The highest BCUT2D eigenvalue weighted by molar-refractivity contribution is 7.99. The first-order valence-electron chi connectivity index (χ1n) is 11.9. The van der Waals surface area contributed by atoms with Crippen molar-refractivity contribution in [3.63, 3.8) is 0 Å². The molecule has 9 heteroatoms. The molecule has 7 nitrogen and oxygen atoms in total. The van der Waals surface area contributed by atoms with E-state index in [4.69, 9.17) is 21.1 Å². The maximum absolute atomic E-state index is 12.9. The number of carboxylic acids is 1. The lowest BCUT2D eigenvalue weighted by Gasteiger charge is -2.23. The Morgan fingerprint density at radius 2 is 1.83 bits per heavy atom. The van der Waals surface area contributed by atoms with E-state index in [2.05, 4.69) is 12.2 Å². The number of anilines is 1. The number of thioether (sulfide) groups is 1. The van der Waals surface area contributed by atoms with Crippen LogP contribution in [0.2, 0.25) is 5.02 Å². The number of rotatable bonds is 16. The quantitative estimate of drug-likeness (QED) is 0.270. The van der Waals surface area contributed by atoms with Crippen molar-refractivity contribution in [2.45, 2.75) is 39.2 Å². The number of carbonyl (C=O) groups is 2. The molecule has 35 heavy (non-hydrogen) atoms. The number of amides is 2. The summed E-state index contributed by atoms with van der Waals surface area (Å²) >= 11 is 8.03. The van der Waals surface area contributed by atoms with E-state index in [1.807, 2.05) is 36.0 Å². The van der Waals surface area contributed by atoms with Crippen LogP contribution in [0.25, 0.3) is 0 Å². The Labute approximate surface area is 217 Å². The smallest absolute Gasteiger partial charge is 0.333 e. The van der Waals surface area contributed by atoms with Gasteiger partial charge in [0.1, 0.15) is 12.4 Å². The number of carbonyl (C=O) groups excluding carboxylic acids is 1. The second-order valence-electron chi connectivity index (χ2n) is 7.84. The van der Waals surface area contributed by atoms with Gasteiger partial charge in [-0.2, -0.15) is 11.8 Å². The molecule has 0 saturated carbocycles. The average molecular weight is 523 g/mol. The van der Waals surface area contributed by atoms with Gasteiger partial charge in [0.15, 0.2) is 6.10 Å². The molecule has 0 aliphatic carbocycles. The van der Waals surface area contributed by atoms with E-state index >= 15 is 0 Å². The lowest BCUT2D eigenvalue weighted by Crippen LogP contribution is -2.39. The second kappa shape index (κ2) is 16.3. The summed E-state index contributed by atoms with van der Waals surface area (Å²) < 4.78 is 11.1. The molecule has 0 aliphatic heterocycles. The minimum atomic E-state index is -0.977. The Morgan fingerprint density at radius 1 is 1.09 bits per heavy atom. The zero-order valence-electron chi connectivity index (χ0n) is 20.4. The standard InChI is InChI=1S/C26H35ClN2O5S/c1-3-5-17-35-18-15-29(26(32)28-23-9-7-6-8-22(23)27)14-16-34-21-12-10-20(11-13-21)19-24(25(30)31)33-4-2/h6-13,24H,3-5,14-19H2,1-2H3,(H,28,32)(H,30,31). The van der Waals surface area contributed by atoms with Gasteiger partial charge in [-0.15, -0.1) is 0 Å². The van der Waals surface area contributed by atoms with Crippen LogP contribution in [0.4, 0.5) is 10.5 Å². The van der Waals surface area contributed by atoms with E-state index in [0.29, 0.717) is 42.8 Å². The fourth-order valence-corrected chi connectivity index (χ4v) is 4.45. The van der Waals surface area contributed by atoms with Crippen molar-refractivity contribution in [2.75, 3.05) is 43.1 Å². The number of hydrogen-bond acceptors (Lipinski definition) is 5. The lowest BCUT2D eigenvalue weighted by atomic mass is 10.1. The minimum absolute atomic E-state index is 0.219. The number of urea groups is 1. The topological polar surface area (TPSA) is 88.1 Å². The Hall–Kier alpha value is -2.42. The molecule has 0 spiro atoms. The minimum Gasteiger partial charge on any atom is -0.492 e. The lowest BCUT2D eigenvalue weighted by molar-refractivity contribution is -0.149. The number of nitrogens with one attached hydrogen (secondary N) is 1. The largest absolute Gasteiger partial charge is 0.492 e. The molecule has 2 N–H and O–H groups in total. The van der Waals surface area contributed by atoms with Crippen molar-refractivity contribution in [1.82, 2.24) is 4.90 Å². The molecule has 1 unspecified atom stereocenters. The van der Waals surface area contributed by atoms with Crippen LogP contribution in [0, 0.1) is 0 Å². The maximum atomic E-state index is 12.9. The van der Waals surface area contributed by atoms with Gasteiger partial charge in [-0.25, -0.2) is 9.59 Å². The molecule has 2 aromatic carbocycles. The predicted octanol–water partition coefficient (Wildman–Crippen LogP) is 5.82.